The number of rotatable bonds is 4. The number of hydrogen-bond acceptors (Lipinski definition) is 4. The molecule has 0 saturated heterocycles. The van der Waals surface area contributed by atoms with Gasteiger partial charge in [0.25, 0.3) is 0 Å². The average molecular weight is 338 g/mol. The van der Waals surface area contributed by atoms with Gasteiger partial charge >= 0.3 is 0 Å². The quantitative estimate of drug-likeness (QED) is 0.529. The Labute approximate surface area is 144 Å². The first-order valence-electron chi connectivity index (χ1n) is 7.90. The van der Waals surface area contributed by atoms with E-state index < -0.39 is 0 Å². The van der Waals surface area contributed by atoms with Crippen LogP contribution in [0.3, 0.4) is 0 Å². The predicted octanol–water partition coefficient (Wildman–Crippen LogP) is 4.93. The Hall–Kier alpha value is -2.53. The number of methoxy groups -OCH3 is 1. The van der Waals surface area contributed by atoms with Crippen molar-refractivity contribution >= 4 is 26.5 Å². The second-order valence-electron chi connectivity index (χ2n) is 5.53. The summed E-state index contributed by atoms with van der Waals surface area (Å²) in [5.41, 5.74) is 4.29. The van der Waals surface area contributed by atoms with Crippen molar-refractivity contribution in [3.8, 4) is 22.8 Å². The largest absolute Gasteiger partial charge is 0.495 e. The van der Waals surface area contributed by atoms with E-state index >= 15 is 0 Å². The molecular weight excluding hydrogens is 320 g/mol. The average Bonchev–Trinajstić information content (AvgIpc) is 3.12. The van der Waals surface area contributed by atoms with Gasteiger partial charge in [-0.3, -0.25) is 4.40 Å². The van der Waals surface area contributed by atoms with E-state index in [-0.39, 0.29) is 0 Å². The Balaban J connectivity index is 1.90. The molecule has 0 spiro atoms. The highest BCUT2D eigenvalue weighted by molar-refractivity contribution is 7.23. The molecule has 0 N–H and O–H groups in total. The molecule has 0 saturated carbocycles. The van der Waals surface area contributed by atoms with Crippen LogP contribution in [0.2, 0.25) is 0 Å². The zero-order valence-electron chi connectivity index (χ0n) is 13.9. The van der Waals surface area contributed by atoms with Crippen LogP contribution in [0, 0.1) is 6.92 Å². The maximum absolute atomic E-state index is 5.55. The van der Waals surface area contributed by atoms with Crippen LogP contribution in [0.4, 0.5) is 0 Å². The van der Waals surface area contributed by atoms with Gasteiger partial charge in [-0.1, -0.05) is 17.4 Å². The third kappa shape index (κ3) is 2.24. The molecule has 122 valence electrons. The zero-order valence-corrected chi connectivity index (χ0v) is 14.7. The number of thiazole rings is 1. The molecule has 0 aliphatic rings. The van der Waals surface area contributed by atoms with Gasteiger partial charge in [0, 0.05) is 11.3 Å². The van der Waals surface area contributed by atoms with Gasteiger partial charge in [0.2, 0.25) is 0 Å². The van der Waals surface area contributed by atoms with Gasteiger partial charge in [0.05, 0.1) is 24.1 Å². The summed E-state index contributed by atoms with van der Waals surface area (Å²) in [4.78, 5) is 5.84. The number of aromatic nitrogens is 2. The summed E-state index contributed by atoms with van der Waals surface area (Å²) >= 11 is 1.68. The Morgan fingerprint density at radius 3 is 2.62 bits per heavy atom. The highest BCUT2D eigenvalue weighted by Gasteiger charge is 2.17. The van der Waals surface area contributed by atoms with Crippen molar-refractivity contribution in [2.45, 2.75) is 13.8 Å². The molecule has 4 aromatic rings. The first-order chi connectivity index (χ1) is 11.7. The topological polar surface area (TPSA) is 35.8 Å². The van der Waals surface area contributed by atoms with Crippen LogP contribution in [-0.4, -0.2) is 23.1 Å². The van der Waals surface area contributed by atoms with Crippen molar-refractivity contribution in [2.24, 2.45) is 0 Å². The smallest absolute Gasteiger partial charge is 0.195 e. The first kappa shape index (κ1) is 15.0. The van der Waals surface area contributed by atoms with Crippen molar-refractivity contribution in [1.82, 2.24) is 9.38 Å². The highest BCUT2D eigenvalue weighted by Crippen LogP contribution is 2.36. The molecule has 0 bridgehead atoms. The van der Waals surface area contributed by atoms with Crippen LogP contribution in [0.1, 0.15) is 12.6 Å². The summed E-state index contributed by atoms with van der Waals surface area (Å²) in [6.45, 7) is 4.76. The molecule has 5 heteroatoms. The maximum Gasteiger partial charge on any atom is 0.195 e. The summed E-state index contributed by atoms with van der Waals surface area (Å²) in [6, 6.07) is 14.2. The van der Waals surface area contributed by atoms with Crippen LogP contribution in [0.15, 0.2) is 42.5 Å². The second-order valence-corrected chi connectivity index (χ2v) is 6.54. The SMILES string of the molecule is CCOc1ccc(-c2nc3sc4cccc(OC)c4n3c2C)cc1. The van der Waals surface area contributed by atoms with Gasteiger partial charge in [0.1, 0.15) is 17.0 Å². The van der Waals surface area contributed by atoms with Crippen LogP contribution in [-0.2, 0) is 0 Å². The number of fused-ring (bicyclic) bond motifs is 3. The normalized spacial score (nSPS) is 11.3. The lowest BCUT2D eigenvalue weighted by Crippen LogP contribution is -1.92. The van der Waals surface area contributed by atoms with Crippen LogP contribution < -0.4 is 9.47 Å². The fraction of sp³-hybridized carbons (Fsp3) is 0.211. The minimum atomic E-state index is 0.671. The fourth-order valence-corrected chi connectivity index (χ4v) is 4.11. The number of imidazole rings is 1. The van der Waals surface area contributed by atoms with E-state index in [2.05, 4.69) is 29.5 Å². The molecular formula is C19H18N2O2S. The van der Waals surface area contributed by atoms with Gasteiger partial charge in [-0.15, -0.1) is 0 Å². The molecule has 24 heavy (non-hydrogen) atoms. The Kier molecular flexibility index (Phi) is 3.65. The van der Waals surface area contributed by atoms with E-state index in [9.17, 15) is 0 Å². The number of nitrogens with zero attached hydrogens (tertiary/aromatic N) is 2. The molecule has 0 radical (unpaired) electrons. The number of aryl methyl sites for hydroxylation is 1. The third-order valence-electron chi connectivity index (χ3n) is 4.12. The Morgan fingerprint density at radius 1 is 1.12 bits per heavy atom. The van der Waals surface area contributed by atoms with Crippen molar-refractivity contribution in [1.29, 1.82) is 0 Å². The van der Waals surface area contributed by atoms with Crippen molar-refractivity contribution < 1.29 is 9.47 Å². The number of ether oxygens (including phenoxy) is 2. The molecule has 2 aromatic carbocycles. The van der Waals surface area contributed by atoms with Crippen molar-refractivity contribution in [3.63, 3.8) is 0 Å². The summed E-state index contributed by atoms with van der Waals surface area (Å²) in [6.07, 6.45) is 0. The van der Waals surface area contributed by atoms with Crippen LogP contribution in [0.5, 0.6) is 11.5 Å². The van der Waals surface area contributed by atoms with E-state index in [0.29, 0.717) is 6.61 Å². The molecule has 0 unspecified atom stereocenters. The van der Waals surface area contributed by atoms with E-state index in [1.807, 2.05) is 31.2 Å². The fourth-order valence-electron chi connectivity index (χ4n) is 3.02. The van der Waals surface area contributed by atoms with Gasteiger partial charge in [-0.05, 0) is 50.2 Å². The second kappa shape index (κ2) is 5.83. The molecule has 0 amide bonds. The molecule has 0 fully saturated rings. The van der Waals surface area contributed by atoms with Gasteiger partial charge in [-0.25, -0.2) is 4.98 Å². The van der Waals surface area contributed by atoms with Crippen molar-refractivity contribution in [2.75, 3.05) is 13.7 Å². The summed E-state index contributed by atoms with van der Waals surface area (Å²) in [5, 5.41) is 0. The molecule has 0 atom stereocenters. The lowest BCUT2D eigenvalue weighted by atomic mass is 10.1. The lowest BCUT2D eigenvalue weighted by molar-refractivity contribution is 0.340. The van der Waals surface area contributed by atoms with E-state index in [1.165, 1.54) is 4.70 Å². The summed E-state index contributed by atoms with van der Waals surface area (Å²) < 4.78 is 14.4. The standard InChI is InChI=1S/C19H18N2O2S/c1-4-23-14-10-8-13(9-11-14)17-12(2)21-18-15(22-3)6-5-7-16(18)24-19(21)20-17/h5-11H,4H2,1-3H3. The minimum Gasteiger partial charge on any atom is -0.495 e. The van der Waals surface area contributed by atoms with Crippen LogP contribution in [0.25, 0.3) is 26.4 Å². The van der Waals surface area contributed by atoms with Gasteiger partial charge in [0.15, 0.2) is 4.96 Å². The third-order valence-corrected chi connectivity index (χ3v) is 5.13. The molecule has 0 aliphatic carbocycles. The molecule has 4 rings (SSSR count). The number of para-hydroxylation sites is 1. The summed E-state index contributed by atoms with van der Waals surface area (Å²) in [5.74, 6) is 1.75. The monoisotopic (exact) mass is 338 g/mol. The maximum atomic E-state index is 5.55. The van der Waals surface area contributed by atoms with E-state index in [1.54, 1.807) is 18.4 Å². The highest BCUT2D eigenvalue weighted by atomic mass is 32.1. The van der Waals surface area contributed by atoms with E-state index in [4.69, 9.17) is 14.5 Å². The van der Waals surface area contributed by atoms with Gasteiger partial charge < -0.3 is 9.47 Å². The number of hydrogen-bond donors (Lipinski definition) is 0. The minimum absolute atomic E-state index is 0.671. The Morgan fingerprint density at radius 2 is 1.92 bits per heavy atom. The zero-order chi connectivity index (χ0) is 16.7. The molecule has 0 aliphatic heterocycles. The first-order valence-corrected chi connectivity index (χ1v) is 8.72. The lowest BCUT2D eigenvalue weighted by Gasteiger charge is -2.05. The van der Waals surface area contributed by atoms with Crippen LogP contribution >= 0.6 is 11.3 Å². The molecule has 4 nitrogen and oxygen atoms in total. The number of benzene rings is 2. The van der Waals surface area contributed by atoms with Gasteiger partial charge in [-0.2, -0.15) is 0 Å². The predicted molar refractivity (Wildman–Crippen MR) is 98.5 cm³/mol. The Bertz CT molecular complexity index is 1020. The van der Waals surface area contributed by atoms with Crippen molar-refractivity contribution in [3.05, 3.63) is 48.2 Å². The summed E-state index contributed by atoms with van der Waals surface area (Å²) in [7, 11) is 1.71. The van der Waals surface area contributed by atoms with E-state index in [0.717, 1.165) is 38.9 Å². The molecule has 2 heterocycles. The molecule has 2 aromatic heterocycles.